The Morgan fingerprint density at radius 1 is 1.46 bits per heavy atom. The van der Waals surface area contributed by atoms with E-state index in [1.54, 1.807) is 12.1 Å². The number of carboxylic acid groups (broad SMARTS) is 1. The number of non-ortho nitro benzene ring substituents is 1. The molecule has 0 radical (unpaired) electrons. The fourth-order valence-corrected chi connectivity index (χ4v) is 2.74. The molecule has 1 aromatic carbocycles. The number of rotatable bonds is 7. The molecule has 1 aliphatic heterocycles. The van der Waals surface area contributed by atoms with E-state index in [1.807, 2.05) is 0 Å². The molecule has 1 fully saturated rings. The van der Waals surface area contributed by atoms with Gasteiger partial charge in [-0.15, -0.1) is 0 Å². The normalized spacial score (nSPS) is 18.6. The van der Waals surface area contributed by atoms with Crippen LogP contribution >= 0.6 is 0 Å². The quantitative estimate of drug-likeness (QED) is 0.575. The van der Waals surface area contributed by atoms with Crippen molar-refractivity contribution in [2.24, 2.45) is 5.92 Å². The highest BCUT2D eigenvalue weighted by Crippen LogP contribution is 2.18. The minimum atomic E-state index is -1.07. The van der Waals surface area contributed by atoms with Gasteiger partial charge in [0.2, 0.25) is 5.91 Å². The molecule has 1 amide bonds. The highest BCUT2D eigenvalue weighted by molar-refractivity contribution is 5.83. The fourth-order valence-electron chi connectivity index (χ4n) is 2.74. The molecule has 8 nitrogen and oxygen atoms in total. The molecular formula is C16H20N2O6. The lowest BCUT2D eigenvalue weighted by Crippen LogP contribution is -2.48. The van der Waals surface area contributed by atoms with Crippen LogP contribution in [0.5, 0.6) is 0 Å². The molecule has 130 valence electrons. The van der Waals surface area contributed by atoms with Gasteiger partial charge in [-0.3, -0.25) is 14.9 Å². The Morgan fingerprint density at radius 2 is 2.25 bits per heavy atom. The summed E-state index contributed by atoms with van der Waals surface area (Å²) in [5.41, 5.74) is 0.628. The Hall–Kier alpha value is -2.48. The third-order valence-corrected chi connectivity index (χ3v) is 4.01. The van der Waals surface area contributed by atoms with Crippen LogP contribution in [0.25, 0.3) is 0 Å². The lowest BCUT2D eigenvalue weighted by Gasteiger charge is -2.28. The molecule has 2 rings (SSSR count). The lowest BCUT2D eigenvalue weighted by molar-refractivity contribution is -0.384. The Balaban J connectivity index is 1.90. The van der Waals surface area contributed by atoms with E-state index in [2.05, 4.69) is 5.32 Å². The number of aliphatic carboxylic acids is 1. The summed E-state index contributed by atoms with van der Waals surface area (Å²) in [6.07, 6.45) is 1.85. The van der Waals surface area contributed by atoms with Crippen LogP contribution in [0.2, 0.25) is 0 Å². The standard InChI is InChI=1S/C16H20N2O6/c19-14(7-6-11-3-1-5-13(9-11)18(22)23)17-15(16(20)21)12-4-2-8-24-10-12/h1,3,5,9,12,15H,2,4,6-8,10H2,(H,17,19)(H,20,21). The predicted molar refractivity (Wildman–Crippen MR) is 84.5 cm³/mol. The number of nitrogens with zero attached hydrogens (tertiary/aromatic N) is 1. The number of nitro benzene ring substituents is 1. The van der Waals surface area contributed by atoms with Gasteiger partial charge in [0.1, 0.15) is 6.04 Å². The molecule has 1 heterocycles. The number of ether oxygens (including phenoxy) is 1. The van der Waals surface area contributed by atoms with Gasteiger partial charge in [0, 0.05) is 31.1 Å². The van der Waals surface area contributed by atoms with E-state index in [1.165, 1.54) is 12.1 Å². The molecular weight excluding hydrogens is 316 g/mol. The van der Waals surface area contributed by atoms with Gasteiger partial charge < -0.3 is 15.2 Å². The first kappa shape index (κ1) is 17.9. The first-order valence-corrected chi connectivity index (χ1v) is 7.80. The number of nitro groups is 1. The van der Waals surface area contributed by atoms with Gasteiger partial charge in [-0.1, -0.05) is 12.1 Å². The second-order valence-corrected chi connectivity index (χ2v) is 5.79. The zero-order valence-electron chi connectivity index (χ0n) is 13.1. The van der Waals surface area contributed by atoms with Gasteiger partial charge in [0.05, 0.1) is 11.5 Å². The Kier molecular flexibility index (Phi) is 6.25. The molecule has 2 N–H and O–H groups in total. The maximum absolute atomic E-state index is 12.0. The molecule has 1 aromatic rings. The highest BCUT2D eigenvalue weighted by Gasteiger charge is 2.31. The van der Waals surface area contributed by atoms with Gasteiger partial charge in [0.15, 0.2) is 0 Å². The maximum atomic E-state index is 12.0. The smallest absolute Gasteiger partial charge is 0.326 e. The average Bonchev–Trinajstić information content (AvgIpc) is 2.58. The van der Waals surface area contributed by atoms with Gasteiger partial charge in [-0.2, -0.15) is 0 Å². The number of hydrogen-bond acceptors (Lipinski definition) is 5. The Bertz CT molecular complexity index is 612. The van der Waals surface area contributed by atoms with Gasteiger partial charge >= 0.3 is 5.97 Å². The number of nitrogens with one attached hydrogen (secondary N) is 1. The maximum Gasteiger partial charge on any atom is 0.326 e. The molecule has 0 spiro atoms. The first-order valence-electron chi connectivity index (χ1n) is 7.80. The lowest BCUT2D eigenvalue weighted by atomic mass is 9.93. The number of hydrogen-bond donors (Lipinski definition) is 2. The average molecular weight is 336 g/mol. The number of aryl methyl sites for hydroxylation is 1. The summed E-state index contributed by atoms with van der Waals surface area (Å²) < 4.78 is 5.28. The van der Waals surface area contributed by atoms with Crippen molar-refractivity contribution in [3.63, 3.8) is 0 Å². The summed E-state index contributed by atoms with van der Waals surface area (Å²) in [7, 11) is 0. The van der Waals surface area contributed by atoms with Crippen LogP contribution in [0.3, 0.4) is 0 Å². The third-order valence-electron chi connectivity index (χ3n) is 4.01. The van der Waals surface area contributed by atoms with Crippen LogP contribution in [-0.4, -0.2) is 41.2 Å². The molecule has 1 aliphatic rings. The summed E-state index contributed by atoms with van der Waals surface area (Å²) >= 11 is 0. The van der Waals surface area contributed by atoms with E-state index in [4.69, 9.17) is 4.74 Å². The highest BCUT2D eigenvalue weighted by atomic mass is 16.6. The Labute approximate surface area is 139 Å². The molecule has 2 atom stereocenters. The van der Waals surface area contributed by atoms with E-state index in [-0.39, 0.29) is 23.9 Å². The van der Waals surface area contributed by atoms with Crippen molar-refractivity contribution in [1.82, 2.24) is 5.32 Å². The van der Waals surface area contributed by atoms with E-state index < -0.39 is 16.9 Å². The minimum Gasteiger partial charge on any atom is -0.480 e. The summed E-state index contributed by atoms with van der Waals surface area (Å²) in [5.74, 6) is -1.70. The van der Waals surface area contributed by atoms with E-state index >= 15 is 0 Å². The van der Waals surface area contributed by atoms with Crippen LogP contribution in [0, 0.1) is 16.0 Å². The van der Waals surface area contributed by atoms with Crippen LogP contribution in [0.1, 0.15) is 24.8 Å². The van der Waals surface area contributed by atoms with Crippen LogP contribution < -0.4 is 5.32 Å². The number of carbonyl (C=O) groups excluding carboxylic acids is 1. The van der Waals surface area contributed by atoms with Crippen LogP contribution in [-0.2, 0) is 20.7 Å². The van der Waals surface area contributed by atoms with Crippen LogP contribution in [0.4, 0.5) is 5.69 Å². The summed E-state index contributed by atoms with van der Waals surface area (Å²) in [5, 5.41) is 22.6. The molecule has 0 aliphatic carbocycles. The van der Waals surface area contributed by atoms with Gasteiger partial charge in [0.25, 0.3) is 5.69 Å². The van der Waals surface area contributed by atoms with Crippen molar-refractivity contribution in [2.75, 3.05) is 13.2 Å². The van der Waals surface area contributed by atoms with Gasteiger partial charge in [-0.05, 0) is 24.8 Å². The second kappa shape index (κ2) is 8.39. The minimum absolute atomic E-state index is 0.0318. The molecule has 0 saturated carbocycles. The largest absolute Gasteiger partial charge is 0.480 e. The molecule has 24 heavy (non-hydrogen) atoms. The van der Waals surface area contributed by atoms with Crippen LogP contribution in [0.15, 0.2) is 24.3 Å². The fraction of sp³-hybridized carbons (Fsp3) is 0.500. The summed E-state index contributed by atoms with van der Waals surface area (Å²) in [6, 6.07) is 5.08. The van der Waals surface area contributed by atoms with Crippen molar-refractivity contribution in [2.45, 2.75) is 31.7 Å². The van der Waals surface area contributed by atoms with Gasteiger partial charge in [-0.25, -0.2) is 4.79 Å². The summed E-state index contributed by atoms with van der Waals surface area (Å²) in [4.78, 5) is 33.7. The number of carbonyl (C=O) groups is 2. The molecule has 2 unspecified atom stereocenters. The van der Waals surface area contributed by atoms with Crippen molar-refractivity contribution >= 4 is 17.6 Å². The topological polar surface area (TPSA) is 119 Å². The molecule has 8 heteroatoms. The van der Waals surface area contributed by atoms with E-state index in [9.17, 15) is 24.8 Å². The zero-order valence-corrected chi connectivity index (χ0v) is 13.1. The number of amides is 1. The number of benzene rings is 1. The monoisotopic (exact) mass is 336 g/mol. The number of carboxylic acids is 1. The summed E-state index contributed by atoms with van der Waals surface area (Å²) in [6.45, 7) is 0.936. The third kappa shape index (κ3) is 5.02. The zero-order chi connectivity index (χ0) is 17.5. The SMILES string of the molecule is O=C(CCc1cccc([N+](=O)[O-])c1)NC(C(=O)O)C1CCCOC1. The van der Waals surface area contributed by atoms with Crippen molar-refractivity contribution in [3.05, 3.63) is 39.9 Å². The molecule has 0 bridgehead atoms. The molecule has 1 saturated heterocycles. The predicted octanol–water partition coefficient (Wildman–Crippen LogP) is 1.52. The Morgan fingerprint density at radius 3 is 2.88 bits per heavy atom. The van der Waals surface area contributed by atoms with Crippen molar-refractivity contribution in [3.8, 4) is 0 Å². The van der Waals surface area contributed by atoms with Crippen molar-refractivity contribution < 1.29 is 24.4 Å². The molecule has 0 aromatic heterocycles. The van der Waals surface area contributed by atoms with E-state index in [0.717, 1.165) is 6.42 Å². The van der Waals surface area contributed by atoms with Crippen molar-refractivity contribution in [1.29, 1.82) is 0 Å². The van der Waals surface area contributed by atoms with E-state index in [0.29, 0.717) is 31.6 Å². The first-order chi connectivity index (χ1) is 11.5. The second-order valence-electron chi connectivity index (χ2n) is 5.79.